The average Bonchev–Trinajstić information content (AvgIpc) is 2.70. The summed E-state index contributed by atoms with van der Waals surface area (Å²) >= 11 is 0. The minimum atomic E-state index is -3.62. The monoisotopic (exact) mass is 432 g/mol. The second-order valence-electron chi connectivity index (χ2n) is 6.47. The Balaban J connectivity index is 1.88. The Labute approximate surface area is 173 Å². The van der Waals surface area contributed by atoms with Gasteiger partial charge >= 0.3 is 5.69 Å². The van der Waals surface area contributed by atoms with Crippen LogP contribution in [0.5, 0.6) is 5.75 Å². The van der Waals surface area contributed by atoms with Crippen LogP contribution in [0.2, 0.25) is 0 Å². The van der Waals surface area contributed by atoms with Crippen molar-refractivity contribution in [3.8, 4) is 5.75 Å². The van der Waals surface area contributed by atoms with E-state index in [1.54, 1.807) is 0 Å². The maximum absolute atomic E-state index is 11.5. The van der Waals surface area contributed by atoms with E-state index in [4.69, 9.17) is 4.74 Å². The Morgan fingerprint density at radius 2 is 1.90 bits per heavy atom. The summed E-state index contributed by atoms with van der Waals surface area (Å²) in [6.07, 6.45) is 2.26. The van der Waals surface area contributed by atoms with Crippen molar-refractivity contribution in [2.45, 2.75) is 13.0 Å². The van der Waals surface area contributed by atoms with Gasteiger partial charge in [-0.2, -0.15) is 8.42 Å². The quantitative estimate of drug-likeness (QED) is 0.234. The van der Waals surface area contributed by atoms with Gasteiger partial charge in [0.2, 0.25) is 0 Å². The number of rotatable bonds is 9. The first kappa shape index (κ1) is 21.4. The molecule has 0 aliphatic rings. The summed E-state index contributed by atoms with van der Waals surface area (Å²) in [5.41, 5.74) is 1.19. The topological polar surface area (TPSA) is 134 Å². The van der Waals surface area contributed by atoms with Crippen LogP contribution in [-0.4, -0.2) is 42.8 Å². The van der Waals surface area contributed by atoms with E-state index in [-0.39, 0.29) is 30.7 Å². The van der Waals surface area contributed by atoms with Gasteiger partial charge in [-0.1, -0.05) is 30.3 Å². The number of nitro benzene ring substituents is 1. The molecule has 1 heterocycles. The number of hydrogen-bond acceptors (Lipinski definition) is 9. The number of ether oxygens (including phenoxy) is 1. The van der Waals surface area contributed by atoms with E-state index in [1.165, 1.54) is 18.5 Å². The van der Waals surface area contributed by atoms with Gasteiger partial charge in [0, 0.05) is 23.6 Å². The molecular formula is C19H20N4O6S. The second kappa shape index (κ2) is 9.01. The first-order valence-corrected chi connectivity index (χ1v) is 10.8. The van der Waals surface area contributed by atoms with E-state index in [2.05, 4.69) is 19.5 Å². The molecule has 11 heteroatoms. The number of fused-ring (bicyclic) bond motifs is 1. The van der Waals surface area contributed by atoms with E-state index in [9.17, 15) is 18.5 Å². The molecule has 30 heavy (non-hydrogen) atoms. The van der Waals surface area contributed by atoms with Crippen molar-refractivity contribution in [2.24, 2.45) is 0 Å². The van der Waals surface area contributed by atoms with Crippen LogP contribution in [0.1, 0.15) is 18.5 Å². The van der Waals surface area contributed by atoms with Gasteiger partial charge in [-0.25, -0.2) is 9.97 Å². The zero-order valence-corrected chi connectivity index (χ0v) is 17.1. The minimum absolute atomic E-state index is 0.0367. The van der Waals surface area contributed by atoms with Crippen molar-refractivity contribution in [3.63, 3.8) is 0 Å². The van der Waals surface area contributed by atoms with Crippen molar-refractivity contribution in [1.82, 2.24) is 9.97 Å². The Bertz CT molecular complexity index is 1150. The van der Waals surface area contributed by atoms with Gasteiger partial charge in [0.25, 0.3) is 10.1 Å². The van der Waals surface area contributed by atoms with Gasteiger partial charge in [0.05, 0.1) is 16.7 Å². The van der Waals surface area contributed by atoms with Gasteiger partial charge in [0.15, 0.2) is 5.75 Å². The Kier molecular flexibility index (Phi) is 6.43. The van der Waals surface area contributed by atoms with Gasteiger partial charge in [-0.15, -0.1) is 0 Å². The van der Waals surface area contributed by atoms with Crippen molar-refractivity contribution in [3.05, 3.63) is 64.5 Å². The molecule has 0 amide bonds. The average molecular weight is 432 g/mol. The normalized spacial score (nSPS) is 12.5. The molecule has 0 spiro atoms. The van der Waals surface area contributed by atoms with Crippen molar-refractivity contribution >= 4 is 32.5 Å². The highest BCUT2D eigenvalue weighted by Gasteiger charge is 2.20. The highest BCUT2D eigenvalue weighted by molar-refractivity contribution is 7.85. The summed E-state index contributed by atoms with van der Waals surface area (Å²) in [7, 11) is -3.62. The summed E-state index contributed by atoms with van der Waals surface area (Å²) in [4.78, 5) is 19.4. The zero-order chi connectivity index (χ0) is 21.7. The number of nitro groups is 1. The molecule has 2 aromatic carbocycles. The third-order valence-electron chi connectivity index (χ3n) is 4.20. The highest BCUT2D eigenvalue weighted by atomic mass is 32.2. The fourth-order valence-corrected chi connectivity index (χ4v) is 3.18. The maximum Gasteiger partial charge on any atom is 0.311 e. The third kappa shape index (κ3) is 5.39. The fourth-order valence-electron chi connectivity index (χ4n) is 2.81. The van der Waals surface area contributed by atoms with E-state index in [0.717, 1.165) is 11.8 Å². The number of aromatic nitrogens is 2. The van der Waals surface area contributed by atoms with Crippen LogP contribution in [0, 0.1) is 10.1 Å². The summed E-state index contributed by atoms with van der Waals surface area (Å²) in [6.45, 7) is 1.51. The molecule has 1 N–H and O–H groups in total. The molecule has 0 aliphatic carbocycles. The molecule has 0 radical (unpaired) electrons. The first-order chi connectivity index (χ1) is 14.2. The van der Waals surface area contributed by atoms with Crippen LogP contribution >= 0.6 is 0 Å². The van der Waals surface area contributed by atoms with Crippen molar-refractivity contribution < 1.29 is 22.3 Å². The number of benzene rings is 2. The smallest absolute Gasteiger partial charge is 0.311 e. The lowest BCUT2D eigenvalue weighted by molar-refractivity contribution is -0.385. The summed E-state index contributed by atoms with van der Waals surface area (Å²) < 4.78 is 32.0. The van der Waals surface area contributed by atoms with Crippen LogP contribution in [-0.2, 0) is 14.3 Å². The molecule has 1 atom stereocenters. The molecule has 0 aliphatic heterocycles. The molecule has 1 aromatic heterocycles. The molecule has 0 fully saturated rings. The fraction of sp³-hybridized carbons (Fsp3) is 0.263. The van der Waals surface area contributed by atoms with Crippen molar-refractivity contribution in [2.75, 3.05) is 24.8 Å². The van der Waals surface area contributed by atoms with E-state index >= 15 is 0 Å². The number of nitrogens with zero attached hydrogens (tertiary/aromatic N) is 3. The van der Waals surface area contributed by atoms with Crippen LogP contribution < -0.4 is 10.1 Å². The van der Waals surface area contributed by atoms with Crippen LogP contribution in [0.25, 0.3) is 10.9 Å². The molecule has 0 bridgehead atoms. The van der Waals surface area contributed by atoms with Crippen molar-refractivity contribution in [1.29, 1.82) is 0 Å². The zero-order valence-electron chi connectivity index (χ0n) is 16.3. The third-order valence-corrected chi connectivity index (χ3v) is 4.80. The molecule has 158 valence electrons. The molecule has 3 rings (SSSR count). The van der Waals surface area contributed by atoms with Gasteiger partial charge in [0.1, 0.15) is 25.4 Å². The lowest BCUT2D eigenvalue weighted by Gasteiger charge is -2.16. The lowest BCUT2D eigenvalue weighted by Crippen LogP contribution is -2.12. The standard InChI is InChI=1S/C19H20N4O6S/c1-13(14-6-4-3-5-7-14)22-19-15-10-17(23(24)25)18(11-16(15)20-12-21-19)28-8-9-29-30(2,26)27/h3-7,10-13H,8-9H2,1-2H3,(H,20,21,22)/t13-/m1/s1. The number of hydrogen-bond donors (Lipinski definition) is 1. The van der Waals surface area contributed by atoms with Crippen LogP contribution in [0.15, 0.2) is 48.8 Å². The van der Waals surface area contributed by atoms with E-state index < -0.39 is 15.0 Å². The minimum Gasteiger partial charge on any atom is -0.484 e. The highest BCUT2D eigenvalue weighted by Crippen LogP contribution is 2.34. The predicted octanol–water partition coefficient (Wildman–Crippen LogP) is 3.07. The Hall–Kier alpha value is -3.31. The second-order valence-corrected chi connectivity index (χ2v) is 8.11. The van der Waals surface area contributed by atoms with Gasteiger partial charge in [-0.05, 0) is 12.5 Å². The summed E-state index contributed by atoms with van der Waals surface area (Å²) in [5, 5.41) is 15.3. The molecule has 10 nitrogen and oxygen atoms in total. The Morgan fingerprint density at radius 1 is 1.17 bits per heavy atom. The van der Waals surface area contributed by atoms with E-state index in [1.807, 2.05) is 37.3 Å². The molecular weight excluding hydrogens is 412 g/mol. The van der Waals surface area contributed by atoms with E-state index in [0.29, 0.717) is 16.7 Å². The van der Waals surface area contributed by atoms with Crippen LogP contribution in [0.4, 0.5) is 11.5 Å². The molecule has 3 aromatic rings. The molecule has 0 saturated heterocycles. The van der Waals surface area contributed by atoms with Gasteiger partial charge in [-0.3, -0.25) is 14.3 Å². The SMILES string of the molecule is C[C@@H](Nc1ncnc2cc(OCCOS(C)(=O)=O)c([N+](=O)[O-])cc12)c1ccccc1. The summed E-state index contributed by atoms with van der Waals surface area (Å²) in [6, 6.07) is 12.4. The van der Waals surface area contributed by atoms with Crippen LogP contribution in [0.3, 0.4) is 0 Å². The first-order valence-electron chi connectivity index (χ1n) is 8.96. The number of nitrogens with one attached hydrogen (secondary N) is 1. The Morgan fingerprint density at radius 3 is 2.57 bits per heavy atom. The lowest BCUT2D eigenvalue weighted by atomic mass is 10.1. The number of anilines is 1. The molecule has 0 unspecified atom stereocenters. The maximum atomic E-state index is 11.5. The predicted molar refractivity (Wildman–Crippen MR) is 111 cm³/mol. The molecule has 0 saturated carbocycles. The van der Waals surface area contributed by atoms with Gasteiger partial charge < -0.3 is 10.1 Å². The summed E-state index contributed by atoms with van der Waals surface area (Å²) in [5.74, 6) is 0.414. The largest absolute Gasteiger partial charge is 0.484 e.